The van der Waals surface area contributed by atoms with E-state index in [-0.39, 0.29) is 10.7 Å². The van der Waals surface area contributed by atoms with E-state index in [1.165, 1.54) is 16.4 Å². The Labute approximate surface area is 158 Å². The van der Waals surface area contributed by atoms with E-state index in [1.807, 2.05) is 24.3 Å². The highest BCUT2D eigenvalue weighted by atomic mass is 32.2. The standard InChI is InChI=1S/C20H20FN3O2S/c1-14-20(15(2)23(22-14)13-16-6-5-8-18(21)12-16)27(25,26)24-11-10-17-7-3-4-9-19(17)24/h3-9,12H,10-11,13H2,1-2H3. The smallest absolute Gasteiger partial charge is 0.266 e. The molecule has 0 N–H and O–H groups in total. The zero-order valence-electron chi connectivity index (χ0n) is 15.2. The van der Waals surface area contributed by atoms with Crippen LogP contribution in [0.4, 0.5) is 10.1 Å². The minimum atomic E-state index is -3.72. The molecule has 0 bridgehead atoms. The third-order valence-corrected chi connectivity index (χ3v) is 7.00. The third kappa shape index (κ3) is 3.02. The maximum absolute atomic E-state index is 13.5. The normalized spacial score (nSPS) is 13.8. The number of aromatic nitrogens is 2. The Morgan fingerprint density at radius 1 is 1.11 bits per heavy atom. The fraction of sp³-hybridized carbons (Fsp3) is 0.250. The third-order valence-electron chi connectivity index (χ3n) is 4.93. The number of anilines is 1. The highest BCUT2D eigenvalue weighted by Gasteiger charge is 2.34. The number of aryl methyl sites for hydroxylation is 1. The molecule has 1 aliphatic heterocycles. The first-order valence-corrected chi connectivity index (χ1v) is 10.2. The van der Waals surface area contributed by atoms with Gasteiger partial charge in [-0.3, -0.25) is 8.99 Å². The van der Waals surface area contributed by atoms with Gasteiger partial charge in [0.15, 0.2) is 0 Å². The molecule has 0 aliphatic carbocycles. The Morgan fingerprint density at radius 3 is 2.67 bits per heavy atom. The lowest BCUT2D eigenvalue weighted by atomic mass is 10.2. The van der Waals surface area contributed by atoms with Gasteiger partial charge in [-0.2, -0.15) is 5.10 Å². The summed E-state index contributed by atoms with van der Waals surface area (Å²) >= 11 is 0. The fourth-order valence-electron chi connectivity index (χ4n) is 3.68. The predicted octanol–water partition coefficient (Wildman–Crippen LogP) is 3.44. The Bertz CT molecular complexity index is 1120. The second-order valence-electron chi connectivity index (χ2n) is 6.74. The van der Waals surface area contributed by atoms with Crippen LogP contribution in [-0.4, -0.2) is 24.7 Å². The molecule has 7 heteroatoms. The molecule has 0 spiro atoms. The van der Waals surface area contributed by atoms with E-state index >= 15 is 0 Å². The second kappa shape index (κ2) is 6.49. The van der Waals surface area contributed by atoms with Crippen molar-refractivity contribution in [2.75, 3.05) is 10.8 Å². The van der Waals surface area contributed by atoms with Crippen molar-refractivity contribution in [3.63, 3.8) is 0 Å². The van der Waals surface area contributed by atoms with E-state index in [1.54, 1.807) is 30.7 Å². The number of benzene rings is 2. The zero-order chi connectivity index (χ0) is 19.2. The topological polar surface area (TPSA) is 55.2 Å². The van der Waals surface area contributed by atoms with Crippen molar-refractivity contribution in [2.24, 2.45) is 0 Å². The summed E-state index contributed by atoms with van der Waals surface area (Å²) in [5.41, 5.74) is 3.50. The molecule has 140 valence electrons. The van der Waals surface area contributed by atoms with Crippen LogP contribution in [0.1, 0.15) is 22.5 Å². The molecule has 0 unspecified atom stereocenters. The van der Waals surface area contributed by atoms with E-state index in [2.05, 4.69) is 5.10 Å². The first kappa shape index (κ1) is 17.7. The molecule has 1 aliphatic rings. The Morgan fingerprint density at radius 2 is 1.89 bits per heavy atom. The first-order valence-electron chi connectivity index (χ1n) is 8.77. The Hall–Kier alpha value is -2.67. The predicted molar refractivity (Wildman–Crippen MR) is 102 cm³/mol. The Kier molecular flexibility index (Phi) is 4.26. The number of hydrogen-bond donors (Lipinski definition) is 0. The van der Waals surface area contributed by atoms with Gasteiger partial charge in [-0.1, -0.05) is 30.3 Å². The number of sulfonamides is 1. The maximum atomic E-state index is 13.5. The largest absolute Gasteiger partial charge is 0.268 e. The molecule has 0 amide bonds. The van der Waals surface area contributed by atoms with Crippen molar-refractivity contribution in [3.8, 4) is 0 Å². The Balaban J connectivity index is 1.73. The van der Waals surface area contributed by atoms with Crippen LogP contribution in [-0.2, 0) is 23.0 Å². The molecule has 5 nitrogen and oxygen atoms in total. The highest BCUT2D eigenvalue weighted by molar-refractivity contribution is 7.93. The molecule has 0 fully saturated rings. The molecular weight excluding hydrogens is 365 g/mol. The van der Waals surface area contributed by atoms with E-state index in [0.29, 0.717) is 30.9 Å². The monoisotopic (exact) mass is 385 g/mol. The minimum absolute atomic E-state index is 0.232. The average Bonchev–Trinajstić information content (AvgIpc) is 3.17. The van der Waals surface area contributed by atoms with Crippen molar-refractivity contribution >= 4 is 15.7 Å². The van der Waals surface area contributed by atoms with Gasteiger partial charge in [0.05, 0.1) is 23.6 Å². The van der Waals surface area contributed by atoms with E-state index in [4.69, 9.17) is 0 Å². The van der Waals surface area contributed by atoms with Crippen LogP contribution in [0.15, 0.2) is 53.4 Å². The van der Waals surface area contributed by atoms with Gasteiger partial charge in [0, 0.05) is 6.54 Å². The van der Waals surface area contributed by atoms with Crippen LogP contribution >= 0.6 is 0 Å². The molecule has 0 saturated carbocycles. The summed E-state index contributed by atoms with van der Waals surface area (Å²) in [5, 5.41) is 4.42. The summed E-state index contributed by atoms with van der Waals surface area (Å²) in [6, 6.07) is 13.8. The summed E-state index contributed by atoms with van der Waals surface area (Å²) in [7, 11) is -3.72. The quantitative estimate of drug-likeness (QED) is 0.691. The lowest BCUT2D eigenvalue weighted by molar-refractivity contribution is 0.589. The number of fused-ring (bicyclic) bond motifs is 1. The molecule has 0 saturated heterocycles. The van der Waals surface area contributed by atoms with Gasteiger partial charge < -0.3 is 0 Å². The summed E-state index contributed by atoms with van der Waals surface area (Å²) in [6.45, 7) is 4.18. The molecule has 3 aromatic rings. The highest BCUT2D eigenvalue weighted by Crippen LogP contribution is 2.34. The number of nitrogens with zero attached hydrogens (tertiary/aromatic N) is 3. The summed E-state index contributed by atoms with van der Waals surface area (Å²) in [4.78, 5) is 0.232. The zero-order valence-corrected chi connectivity index (χ0v) is 16.0. The fourth-order valence-corrected chi connectivity index (χ4v) is 5.57. The number of para-hydroxylation sites is 1. The second-order valence-corrected chi connectivity index (χ2v) is 8.54. The van der Waals surface area contributed by atoms with Crippen LogP contribution < -0.4 is 4.31 Å². The van der Waals surface area contributed by atoms with Crippen molar-refractivity contribution in [3.05, 3.63) is 76.9 Å². The lowest BCUT2D eigenvalue weighted by Crippen LogP contribution is -2.30. The molecule has 0 radical (unpaired) electrons. The summed E-state index contributed by atoms with van der Waals surface area (Å²) in [6.07, 6.45) is 0.699. The van der Waals surface area contributed by atoms with Crippen LogP contribution in [0.3, 0.4) is 0 Å². The van der Waals surface area contributed by atoms with E-state index in [0.717, 1.165) is 16.8 Å². The van der Waals surface area contributed by atoms with Crippen LogP contribution in [0.2, 0.25) is 0 Å². The minimum Gasteiger partial charge on any atom is -0.266 e. The molecule has 2 aromatic carbocycles. The lowest BCUT2D eigenvalue weighted by Gasteiger charge is -2.19. The van der Waals surface area contributed by atoms with Crippen molar-refractivity contribution in [1.82, 2.24) is 9.78 Å². The maximum Gasteiger partial charge on any atom is 0.268 e. The number of halogens is 1. The van der Waals surface area contributed by atoms with Gasteiger partial charge in [-0.05, 0) is 49.6 Å². The first-order chi connectivity index (χ1) is 12.9. The van der Waals surface area contributed by atoms with Crippen molar-refractivity contribution in [1.29, 1.82) is 0 Å². The summed E-state index contributed by atoms with van der Waals surface area (Å²) in [5.74, 6) is -0.324. The van der Waals surface area contributed by atoms with Crippen molar-refractivity contribution < 1.29 is 12.8 Å². The van der Waals surface area contributed by atoms with Gasteiger partial charge in [0.1, 0.15) is 10.7 Å². The van der Waals surface area contributed by atoms with Gasteiger partial charge in [-0.25, -0.2) is 12.8 Å². The SMILES string of the molecule is Cc1nn(Cc2cccc(F)c2)c(C)c1S(=O)(=O)N1CCc2ccccc21. The van der Waals surface area contributed by atoms with E-state index in [9.17, 15) is 12.8 Å². The van der Waals surface area contributed by atoms with E-state index < -0.39 is 10.0 Å². The molecule has 4 rings (SSSR count). The van der Waals surface area contributed by atoms with Crippen LogP contribution in [0.5, 0.6) is 0 Å². The van der Waals surface area contributed by atoms with Gasteiger partial charge >= 0.3 is 0 Å². The number of hydrogen-bond acceptors (Lipinski definition) is 3. The molecule has 1 aromatic heterocycles. The summed E-state index contributed by atoms with van der Waals surface area (Å²) < 4.78 is 43.3. The van der Waals surface area contributed by atoms with Gasteiger partial charge in [0.25, 0.3) is 10.0 Å². The van der Waals surface area contributed by atoms with Gasteiger partial charge in [0.2, 0.25) is 0 Å². The average molecular weight is 385 g/mol. The molecule has 2 heterocycles. The van der Waals surface area contributed by atoms with Crippen LogP contribution in [0.25, 0.3) is 0 Å². The van der Waals surface area contributed by atoms with Crippen molar-refractivity contribution in [2.45, 2.75) is 31.7 Å². The van der Waals surface area contributed by atoms with Crippen LogP contribution in [0, 0.1) is 19.7 Å². The number of rotatable bonds is 4. The molecular formula is C20H20FN3O2S. The molecule has 0 atom stereocenters. The molecule has 27 heavy (non-hydrogen) atoms. The van der Waals surface area contributed by atoms with Gasteiger partial charge in [-0.15, -0.1) is 0 Å².